The Labute approximate surface area is 329 Å². The fraction of sp³-hybridized carbons (Fsp3) is 0.279. The van der Waals surface area contributed by atoms with Gasteiger partial charge >= 0.3 is 12.1 Å². The van der Waals surface area contributed by atoms with E-state index in [1.54, 1.807) is 113 Å². The monoisotopic (exact) mass is 771 g/mol. The van der Waals surface area contributed by atoms with E-state index in [4.69, 9.17) is 4.42 Å². The van der Waals surface area contributed by atoms with E-state index in [1.165, 1.54) is 13.8 Å². The van der Waals surface area contributed by atoms with Gasteiger partial charge in [-0.25, -0.2) is 14.6 Å². The number of likely N-dealkylation sites (tertiary alicyclic amines) is 2. The zero-order valence-electron chi connectivity index (χ0n) is 31.6. The normalized spacial score (nSPS) is 18.6. The van der Waals surface area contributed by atoms with Crippen LogP contribution in [0.4, 0.5) is 21.0 Å². The number of nitrogens with zero attached hydrogens (tertiary/aromatic N) is 3. The fourth-order valence-corrected chi connectivity index (χ4v) is 7.17. The molecule has 0 spiro atoms. The number of nitrogens with one attached hydrogen (secondary N) is 4. The van der Waals surface area contributed by atoms with E-state index in [1.807, 2.05) is 12.1 Å². The number of oxazole rings is 1. The van der Waals surface area contributed by atoms with Gasteiger partial charge < -0.3 is 45.7 Å². The van der Waals surface area contributed by atoms with Crippen molar-refractivity contribution in [2.24, 2.45) is 0 Å². The predicted molar refractivity (Wildman–Crippen MR) is 214 cm³/mol. The van der Waals surface area contributed by atoms with Crippen LogP contribution in [0.25, 0.3) is 22.8 Å². The average Bonchev–Trinajstić information content (AvgIpc) is 4.01. The third kappa shape index (κ3) is 8.82. The molecule has 57 heavy (non-hydrogen) atoms. The lowest BCUT2D eigenvalue weighted by Crippen LogP contribution is -2.46. The average molecular weight is 772 g/mol. The molecule has 0 saturated carbocycles. The minimum atomic E-state index is -1.66. The van der Waals surface area contributed by atoms with Gasteiger partial charge in [0.15, 0.2) is 17.0 Å². The van der Waals surface area contributed by atoms with Crippen LogP contribution in [0.5, 0.6) is 0 Å². The van der Waals surface area contributed by atoms with Crippen LogP contribution in [0.2, 0.25) is 0 Å². The van der Waals surface area contributed by atoms with Crippen molar-refractivity contribution in [2.45, 2.75) is 50.0 Å². The van der Waals surface area contributed by atoms with E-state index >= 15 is 0 Å². The number of rotatable bonds is 10. The number of aliphatic hydroxyl groups is 2. The molecule has 14 nitrogen and oxygen atoms in total. The highest BCUT2D eigenvalue weighted by Crippen LogP contribution is 2.29. The quantitative estimate of drug-likeness (QED) is 0.111. The lowest BCUT2D eigenvalue weighted by Gasteiger charge is -2.28. The molecule has 1 aromatic heterocycles. The molecule has 4 aromatic carbocycles. The number of amides is 6. The first-order valence-corrected chi connectivity index (χ1v) is 18.8. The van der Waals surface area contributed by atoms with Crippen molar-refractivity contribution in [3.63, 3.8) is 0 Å². The number of anilines is 2. The fourth-order valence-electron chi connectivity index (χ4n) is 7.17. The van der Waals surface area contributed by atoms with Crippen LogP contribution in [0.1, 0.15) is 37.8 Å². The molecule has 0 bridgehead atoms. The first-order valence-electron chi connectivity index (χ1n) is 18.8. The smallest absolute Gasteiger partial charge is 0.319 e. The van der Waals surface area contributed by atoms with Crippen molar-refractivity contribution in [1.29, 1.82) is 0 Å². The summed E-state index contributed by atoms with van der Waals surface area (Å²) in [5.74, 6) is 0.108. The zero-order chi connectivity index (χ0) is 40.2. The number of carbonyl (C=O) groups is 4. The Kier molecular flexibility index (Phi) is 11.1. The Morgan fingerprint density at radius 1 is 0.632 bits per heavy atom. The third-order valence-corrected chi connectivity index (χ3v) is 10.4. The van der Waals surface area contributed by atoms with Crippen LogP contribution in [-0.4, -0.2) is 87.1 Å². The van der Waals surface area contributed by atoms with Crippen molar-refractivity contribution < 1.29 is 33.8 Å². The molecule has 4 atom stereocenters. The minimum Gasteiger partial charge on any atom is -0.436 e. The molecule has 0 unspecified atom stereocenters. The van der Waals surface area contributed by atoms with Crippen LogP contribution in [0, 0.1) is 0 Å². The van der Waals surface area contributed by atoms with Crippen molar-refractivity contribution >= 4 is 35.3 Å². The molecule has 14 heteroatoms. The number of hydrogen-bond acceptors (Lipinski definition) is 8. The maximum absolute atomic E-state index is 13.1. The highest BCUT2D eigenvalue weighted by molar-refractivity contribution is 5.91. The number of aromatic nitrogens is 1. The third-order valence-electron chi connectivity index (χ3n) is 10.4. The van der Waals surface area contributed by atoms with Crippen molar-refractivity contribution in [3.8, 4) is 22.8 Å². The summed E-state index contributed by atoms with van der Waals surface area (Å²) in [5, 5.41) is 33.4. The molecule has 2 aliphatic heterocycles. The summed E-state index contributed by atoms with van der Waals surface area (Å²) >= 11 is 0. The maximum atomic E-state index is 13.1. The van der Waals surface area contributed by atoms with Gasteiger partial charge in [0.25, 0.3) is 11.8 Å². The molecule has 3 heterocycles. The highest BCUT2D eigenvalue weighted by atomic mass is 16.4. The summed E-state index contributed by atoms with van der Waals surface area (Å²) in [7, 11) is 0. The molecule has 7 rings (SSSR count). The van der Waals surface area contributed by atoms with E-state index in [0.29, 0.717) is 78.7 Å². The lowest BCUT2D eigenvalue weighted by atomic mass is 9.94. The SMILES string of the molecule is C[C@@](O)(C(=O)N1CC[C@@H](NC(=O)Nc2ccc(-c3cnc(-c4ccc(NC(=O)N[C@@H]5CCN(C(=O)[C@@](C)(O)c6ccccc6)C5)cc4)o3)cc2)C1)c1ccccc1. The van der Waals surface area contributed by atoms with E-state index in [9.17, 15) is 29.4 Å². The van der Waals surface area contributed by atoms with Crippen LogP contribution >= 0.6 is 0 Å². The minimum absolute atomic E-state index is 0.262. The molecule has 6 amide bonds. The lowest BCUT2D eigenvalue weighted by molar-refractivity contribution is -0.150. The topological polar surface area (TPSA) is 189 Å². The van der Waals surface area contributed by atoms with Gasteiger partial charge in [0, 0.05) is 60.8 Å². The van der Waals surface area contributed by atoms with Gasteiger partial charge in [-0.15, -0.1) is 0 Å². The van der Waals surface area contributed by atoms with Crippen LogP contribution in [0.15, 0.2) is 120 Å². The Bertz CT molecular complexity index is 2050. The molecular formula is C43H45N7O7. The van der Waals surface area contributed by atoms with Gasteiger partial charge in [-0.1, -0.05) is 60.7 Å². The summed E-state index contributed by atoms with van der Waals surface area (Å²) in [6.07, 6.45) is 2.74. The van der Waals surface area contributed by atoms with Gasteiger partial charge in [-0.3, -0.25) is 9.59 Å². The Hall–Kier alpha value is -6.51. The van der Waals surface area contributed by atoms with Crippen LogP contribution in [0.3, 0.4) is 0 Å². The van der Waals surface area contributed by atoms with Gasteiger partial charge in [0.2, 0.25) is 5.89 Å². The zero-order valence-corrected chi connectivity index (χ0v) is 31.6. The molecule has 2 aliphatic rings. The highest BCUT2D eigenvalue weighted by Gasteiger charge is 2.40. The first-order chi connectivity index (χ1) is 27.4. The van der Waals surface area contributed by atoms with Crippen molar-refractivity contribution in [3.05, 3.63) is 127 Å². The molecule has 0 aliphatic carbocycles. The second-order valence-electron chi connectivity index (χ2n) is 14.7. The second-order valence-corrected chi connectivity index (χ2v) is 14.7. The predicted octanol–water partition coefficient (Wildman–Crippen LogP) is 5.27. The molecule has 2 fully saturated rings. The maximum Gasteiger partial charge on any atom is 0.319 e. The second kappa shape index (κ2) is 16.3. The first kappa shape index (κ1) is 38.8. The Morgan fingerprint density at radius 3 is 1.49 bits per heavy atom. The number of benzene rings is 4. The molecule has 5 aromatic rings. The summed E-state index contributed by atoms with van der Waals surface area (Å²) < 4.78 is 6.03. The summed E-state index contributed by atoms with van der Waals surface area (Å²) in [5.41, 5.74) is 0.287. The number of urea groups is 2. The summed E-state index contributed by atoms with van der Waals surface area (Å²) in [6, 6.07) is 30.4. The van der Waals surface area contributed by atoms with E-state index in [-0.39, 0.29) is 12.1 Å². The van der Waals surface area contributed by atoms with E-state index in [0.717, 1.165) is 5.56 Å². The number of hydrogen-bond donors (Lipinski definition) is 6. The van der Waals surface area contributed by atoms with Gasteiger partial charge in [-0.2, -0.15) is 0 Å². The molecule has 2 saturated heterocycles. The van der Waals surface area contributed by atoms with Crippen molar-refractivity contribution in [1.82, 2.24) is 25.4 Å². The van der Waals surface area contributed by atoms with E-state index in [2.05, 4.69) is 26.3 Å². The molecule has 294 valence electrons. The largest absolute Gasteiger partial charge is 0.436 e. The van der Waals surface area contributed by atoms with Gasteiger partial charge in [0.05, 0.1) is 6.20 Å². The van der Waals surface area contributed by atoms with E-state index < -0.39 is 35.1 Å². The molecular weight excluding hydrogens is 727 g/mol. The van der Waals surface area contributed by atoms with Crippen LogP contribution in [-0.2, 0) is 20.8 Å². The Morgan fingerprint density at radius 2 is 1.05 bits per heavy atom. The summed E-state index contributed by atoms with van der Waals surface area (Å²) in [6.45, 7) is 4.41. The Balaban J connectivity index is 0.860. The van der Waals surface area contributed by atoms with Gasteiger partial charge in [-0.05, 0) is 86.3 Å². The number of carbonyl (C=O) groups excluding carboxylic acids is 4. The molecule has 0 radical (unpaired) electrons. The van der Waals surface area contributed by atoms with Crippen LogP contribution < -0.4 is 21.3 Å². The van der Waals surface area contributed by atoms with Gasteiger partial charge in [0.1, 0.15) is 0 Å². The molecule has 6 N–H and O–H groups in total. The van der Waals surface area contributed by atoms with Crippen molar-refractivity contribution in [2.75, 3.05) is 36.8 Å². The summed E-state index contributed by atoms with van der Waals surface area (Å²) in [4.78, 5) is 59.3. The standard InChI is InChI=1S/C43H45N7O7/c1-42(55,30-9-5-3-6-10-30)38(51)49-23-21-34(26-49)47-40(53)45-32-17-13-28(14-18-32)36-25-44-37(57-36)29-15-19-33(20-16-29)46-41(54)48-35-22-24-50(27-35)39(52)43(2,56)31-11-7-4-8-12-31/h3-20,25,34-35,55-56H,21-24,26-27H2,1-2H3,(H2,45,47,53)(H2,46,48,54)/t34-,35-,42+,43+/m1/s1.